The number of nitrogens with zero attached hydrogens (tertiary/aromatic N) is 1. The van der Waals surface area contributed by atoms with Crippen molar-refractivity contribution in [2.75, 3.05) is 30.2 Å². The normalized spacial score (nSPS) is 19.0. The molecule has 7 heteroatoms. The molecule has 6 nitrogen and oxygen atoms in total. The fraction of sp³-hybridized carbons (Fsp3) is 0.533. The molecule has 1 fully saturated rings. The third kappa shape index (κ3) is 4.45. The summed E-state index contributed by atoms with van der Waals surface area (Å²) >= 11 is 0. The van der Waals surface area contributed by atoms with Crippen LogP contribution in [0.3, 0.4) is 0 Å². The first kappa shape index (κ1) is 16.8. The van der Waals surface area contributed by atoms with E-state index in [1.807, 2.05) is 6.92 Å². The van der Waals surface area contributed by atoms with Crippen molar-refractivity contribution in [2.45, 2.75) is 26.4 Å². The lowest BCUT2D eigenvalue weighted by Gasteiger charge is -2.31. The fourth-order valence-electron chi connectivity index (χ4n) is 2.40. The van der Waals surface area contributed by atoms with Gasteiger partial charge in [0.25, 0.3) is 5.91 Å². The highest BCUT2D eigenvalue weighted by atomic mass is 32.2. The van der Waals surface area contributed by atoms with Crippen LogP contribution < -0.4 is 4.72 Å². The molecule has 1 unspecified atom stereocenters. The number of benzene rings is 1. The minimum atomic E-state index is -3.36. The van der Waals surface area contributed by atoms with Gasteiger partial charge in [-0.15, -0.1) is 0 Å². The molecule has 0 saturated carbocycles. The molecule has 0 aliphatic carbocycles. The van der Waals surface area contributed by atoms with Gasteiger partial charge in [-0.05, 0) is 31.5 Å². The summed E-state index contributed by atoms with van der Waals surface area (Å²) in [7, 11) is -3.36. The molecular weight excluding hydrogens is 304 g/mol. The van der Waals surface area contributed by atoms with Crippen molar-refractivity contribution in [1.29, 1.82) is 0 Å². The van der Waals surface area contributed by atoms with Crippen LogP contribution in [0.15, 0.2) is 24.3 Å². The summed E-state index contributed by atoms with van der Waals surface area (Å²) in [5.41, 5.74) is 0.895. The Morgan fingerprint density at radius 2 is 2.23 bits per heavy atom. The maximum absolute atomic E-state index is 12.5. The van der Waals surface area contributed by atoms with E-state index in [0.717, 1.165) is 0 Å². The van der Waals surface area contributed by atoms with E-state index in [1.54, 1.807) is 36.1 Å². The van der Waals surface area contributed by atoms with Gasteiger partial charge in [0.1, 0.15) is 0 Å². The third-order valence-electron chi connectivity index (χ3n) is 3.38. The van der Waals surface area contributed by atoms with Crippen LogP contribution >= 0.6 is 0 Å². The van der Waals surface area contributed by atoms with Gasteiger partial charge in [0, 0.05) is 24.3 Å². The molecule has 1 aliphatic heterocycles. The van der Waals surface area contributed by atoms with Crippen molar-refractivity contribution in [1.82, 2.24) is 4.90 Å². The predicted octanol–water partition coefficient (Wildman–Crippen LogP) is 1.70. The van der Waals surface area contributed by atoms with Crippen molar-refractivity contribution in [3.05, 3.63) is 29.8 Å². The monoisotopic (exact) mass is 326 g/mol. The maximum atomic E-state index is 12.5. The van der Waals surface area contributed by atoms with Crippen molar-refractivity contribution in [3.63, 3.8) is 0 Å². The van der Waals surface area contributed by atoms with Gasteiger partial charge in [0.15, 0.2) is 0 Å². The average Bonchev–Trinajstić information content (AvgIpc) is 2.46. The van der Waals surface area contributed by atoms with Crippen LogP contribution in [0, 0.1) is 0 Å². The molecule has 0 aromatic heterocycles. The average molecular weight is 326 g/mol. The number of ether oxygens (including phenoxy) is 1. The Hall–Kier alpha value is -1.60. The molecule has 1 amide bonds. The Morgan fingerprint density at radius 3 is 2.91 bits per heavy atom. The van der Waals surface area contributed by atoms with Crippen molar-refractivity contribution < 1.29 is 17.9 Å². The van der Waals surface area contributed by atoms with Crippen LogP contribution in [0.1, 0.15) is 30.6 Å². The summed E-state index contributed by atoms with van der Waals surface area (Å²) < 4.78 is 31.5. The molecule has 1 N–H and O–H groups in total. The zero-order valence-electron chi connectivity index (χ0n) is 12.9. The lowest BCUT2D eigenvalue weighted by molar-refractivity contribution is -0.0124. The minimum Gasteiger partial charge on any atom is -0.375 e. The lowest BCUT2D eigenvalue weighted by atomic mass is 10.1. The number of sulfonamides is 1. The summed E-state index contributed by atoms with van der Waals surface area (Å²) in [6, 6.07) is 6.60. The van der Waals surface area contributed by atoms with Crippen LogP contribution in [0.4, 0.5) is 5.69 Å². The Labute approximate surface area is 131 Å². The molecule has 1 saturated heterocycles. The smallest absolute Gasteiger partial charge is 0.254 e. The number of morpholine rings is 1. The molecule has 2 rings (SSSR count). The van der Waals surface area contributed by atoms with Crippen LogP contribution in [0.25, 0.3) is 0 Å². The first-order chi connectivity index (χ1) is 10.4. The molecule has 1 aromatic carbocycles. The van der Waals surface area contributed by atoms with Gasteiger partial charge in [-0.3, -0.25) is 9.52 Å². The number of hydrogen-bond acceptors (Lipinski definition) is 4. The van der Waals surface area contributed by atoms with Crippen molar-refractivity contribution in [2.24, 2.45) is 0 Å². The van der Waals surface area contributed by atoms with Gasteiger partial charge in [0.05, 0.1) is 18.5 Å². The second kappa shape index (κ2) is 7.11. The Balaban J connectivity index is 2.12. The third-order valence-corrected chi connectivity index (χ3v) is 4.88. The van der Waals surface area contributed by atoms with Gasteiger partial charge in [0.2, 0.25) is 10.0 Å². The molecule has 22 heavy (non-hydrogen) atoms. The second-order valence-electron chi connectivity index (χ2n) is 5.43. The zero-order valence-corrected chi connectivity index (χ0v) is 13.7. The van der Waals surface area contributed by atoms with E-state index in [9.17, 15) is 13.2 Å². The van der Waals surface area contributed by atoms with Crippen LogP contribution in [0.5, 0.6) is 0 Å². The zero-order chi connectivity index (χ0) is 16.2. The van der Waals surface area contributed by atoms with Crippen LogP contribution in [-0.4, -0.2) is 50.8 Å². The number of rotatable bonds is 5. The van der Waals surface area contributed by atoms with Gasteiger partial charge >= 0.3 is 0 Å². The molecule has 1 aliphatic rings. The Kier molecular flexibility index (Phi) is 5.42. The molecule has 0 radical (unpaired) electrons. The number of carbonyl (C=O) groups excluding carboxylic acids is 1. The molecule has 122 valence electrons. The fourth-order valence-corrected chi connectivity index (χ4v) is 3.53. The van der Waals surface area contributed by atoms with E-state index in [0.29, 0.717) is 37.4 Å². The molecule has 1 heterocycles. The summed E-state index contributed by atoms with van der Waals surface area (Å²) in [6.45, 7) is 5.35. The van der Waals surface area contributed by atoms with Crippen molar-refractivity contribution in [3.8, 4) is 0 Å². The molecule has 1 aromatic rings. The minimum absolute atomic E-state index is 0.0175. The lowest BCUT2D eigenvalue weighted by Crippen LogP contribution is -2.44. The summed E-state index contributed by atoms with van der Waals surface area (Å²) in [5, 5.41) is 0. The molecule has 0 spiro atoms. The number of nitrogens with one attached hydrogen (secondary N) is 1. The van der Waals surface area contributed by atoms with E-state index < -0.39 is 10.0 Å². The second-order valence-corrected chi connectivity index (χ2v) is 7.28. The SMILES string of the molecule is CCCS(=O)(=O)Nc1cccc(C(=O)N2CCOC(C)C2)c1. The summed E-state index contributed by atoms with van der Waals surface area (Å²) in [5.74, 6) is -0.0433. The highest BCUT2D eigenvalue weighted by molar-refractivity contribution is 7.92. The number of amides is 1. The highest BCUT2D eigenvalue weighted by Gasteiger charge is 2.22. The molecular formula is C15H22N2O4S. The largest absolute Gasteiger partial charge is 0.375 e. The van der Waals surface area contributed by atoms with E-state index in [4.69, 9.17) is 4.74 Å². The number of hydrogen-bond donors (Lipinski definition) is 1. The number of anilines is 1. The Morgan fingerprint density at radius 1 is 1.45 bits per heavy atom. The molecule has 0 bridgehead atoms. The van der Waals surface area contributed by atoms with Crippen LogP contribution in [0.2, 0.25) is 0 Å². The van der Waals surface area contributed by atoms with E-state index in [2.05, 4.69) is 4.72 Å². The van der Waals surface area contributed by atoms with E-state index in [-0.39, 0.29) is 17.8 Å². The Bertz CT molecular complexity index is 630. The van der Waals surface area contributed by atoms with Gasteiger partial charge in [-0.2, -0.15) is 0 Å². The maximum Gasteiger partial charge on any atom is 0.254 e. The topological polar surface area (TPSA) is 75.7 Å². The van der Waals surface area contributed by atoms with Gasteiger partial charge < -0.3 is 9.64 Å². The molecule has 1 atom stereocenters. The summed E-state index contributed by atoms with van der Waals surface area (Å²) in [6.07, 6.45) is 0.559. The predicted molar refractivity (Wildman–Crippen MR) is 85.5 cm³/mol. The van der Waals surface area contributed by atoms with Gasteiger partial charge in [-0.1, -0.05) is 13.0 Å². The standard InChI is InChI=1S/C15H22N2O4S/c1-3-9-22(19,20)16-14-6-4-5-13(10-14)15(18)17-7-8-21-12(2)11-17/h4-6,10,12,16H,3,7-9,11H2,1-2H3. The van der Waals surface area contributed by atoms with E-state index in [1.165, 1.54) is 0 Å². The number of carbonyl (C=O) groups is 1. The van der Waals surface area contributed by atoms with Crippen LogP contribution in [-0.2, 0) is 14.8 Å². The summed E-state index contributed by atoms with van der Waals surface area (Å²) in [4.78, 5) is 14.2. The van der Waals surface area contributed by atoms with E-state index >= 15 is 0 Å². The quantitative estimate of drug-likeness (QED) is 0.893. The van der Waals surface area contributed by atoms with Gasteiger partial charge in [-0.25, -0.2) is 8.42 Å². The highest BCUT2D eigenvalue weighted by Crippen LogP contribution is 2.16. The first-order valence-corrected chi connectivity index (χ1v) is 9.08. The first-order valence-electron chi connectivity index (χ1n) is 7.42. The van der Waals surface area contributed by atoms with Crippen molar-refractivity contribution >= 4 is 21.6 Å².